The molecule has 0 amide bonds. The number of thiophene rings is 1. The summed E-state index contributed by atoms with van der Waals surface area (Å²) < 4.78 is 2.70. The average Bonchev–Trinajstić information content (AvgIpc) is 3.99. The number of rotatable bonds is 4. The molecule has 0 saturated carbocycles. The highest BCUT2D eigenvalue weighted by atomic mass is 32.1. The van der Waals surface area contributed by atoms with E-state index in [0.29, 0.717) is 0 Å². The smallest absolute Gasteiger partial charge is 0.0746 e. The van der Waals surface area contributed by atoms with Crippen LogP contribution < -0.4 is 4.90 Å². The number of hydrogen-bond acceptors (Lipinski definition) is 2. The Labute approximate surface area is 354 Å². The Morgan fingerprint density at radius 3 is 1.80 bits per heavy atom. The van der Waals surface area contributed by atoms with E-state index < -0.39 is 5.41 Å². The van der Waals surface area contributed by atoms with Crippen LogP contribution in [0.25, 0.3) is 64.7 Å². The molecule has 9 aromatic carbocycles. The van der Waals surface area contributed by atoms with Gasteiger partial charge in [-0.3, -0.25) is 0 Å². The molecule has 60 heavy (non-hydrogen) atoms. The molecular weight excluding hydrogens is 743 g/mol. The highest BCUT2D eigenvalue weighted by Crippen LogP contribution is 2.67. The van der Waals surface area contributed by atoms with E-state index in [1.807, 2.05) is 11.3 Å². The predicted octanol–water partition coefficient (Wildman–Crippen LogP) is 15.8. The first-order chi connectivity index (χ1) is 29.5. The summed E-state index contributed by atoms with van der Waals surface area (Å²) in [7, 11) is 0. The van der Waals surface area contributed by atoms with Crippen molar-refractivity contribution < 1.29 is 0 Å². The Balaban J connectivity index is 1.12. The molecule has 3 aliphatic carbocycles. The van der Waals surface area contributed by atoms with Crippen molar-refractivity contribution in [3.8, 4) is 44.5 Å². The molecule has 1 spiro atoms. The summed E-state index contributed by atoms with van der Waals surface area (Å²) in [5.74, 6) is 0. The molecule has 0 fully saturated rings. The minimum atomic E-state index is -0.534. The summed E-state index contributed by atoms with van der Waals surface area (Å²) in [5, 5.41) is 2.67. The summed E-state index contributed by atoms with van der Waals surface area (Å²) in [6, 6.07) is 75.3. The van der Waals surface area contributed by atoms with Crippen LogP contribution in [0.1, 0.15) is 47.2 Å². The highest BCUT2D eigenvalue weighted by molar-refractivity contribution is 7.26. The third kappa shape index (κ3) is 4.36. The molecule has 0 saturated heterocycles. The van der Waals surface area contributed by atoms with Crippen molar-refractivity contribution in [2.75, 3.05) is 4.90 Å². The SMILES string of the molecule is CC1(C)c2ccccc2-c2ccc(N(c3ccc(-c4ccccc4)cc3)c3cccc4c3C3(c5ccccc5-4)c4ccccc4-c4c3ccc3c4sc4ccccc43)cc21. The van der Waals surface area contributed by atoms with Gasteiger partial charge in [0.25, 0.3) is 0 Å². The Hall–Kier alpha value is -7.00. The first-order valence-corrected chi connectivity index (χ1v) is 21.8. The molecule has 10 aromatic rings. The van der Waals surface area contributed by atoms with E-state index in [1.54, 1.807) is 0 Å². The van der Waals surface area contributed by atoms with Gasteiger partial charge in [-0.1, -0.05) is 178 Å². The van der Waals surface area contributed by atoms with E-state index in [0.717, 1.165) is 11.4 Å². The van der Waals surface area contributed by atoms with Crippen LogP contribution in [0.3, 0.4) is 0 Å². The second-order valence-corrected chi connectivity index (χ2v) is 18.2. The highest BCUT2D eigenvalue weighted by Gasteiger charge is 2.54. The molecule has 0 radical (unpaired) electrons. The first-order valence-electron chi connectivity index (χ1n) is 21.0. The van der Waals surface area contributed by atoms with Gasteiger partial charge in [0.2, 0.25) is 0 Å². The molecule has 0 bridgehead atoms. The fourth-order valence-electron chi connectivity index (χ4n) is 11.3. The summed E-state index contributed by atoms with van der Waals surface area (Å²) in [6.07, 6.45) is 0. The first kappa shape index (κ1) is 33.9. The molecular formula is C58H39NS. The zero-order valence-corrected chi connectivity index (χ0v) is 34.2. The van der Waals surface area contributed by atoms with E-state index in [1.165, 1.54) is 104 Å². The van der Waals surface area contributed by atoms with Crippen molar-refractivity contribution in [2.45, 2.75) is 24.7 Å². The van der Waals surface area contributed by atoms with E-state index in [4.69, 9.17) is 0 Å². The number of hydrogen-bond donors (Lipinski definition) is 0. The summed E-state index contributed by atoms with van der Waals surface area (Å²) in [4.78, 5) is 2.55. The largest absolute Gasteiger partial charge is 0.310 e. The number of nitrogens with zero attached hydrogens (tertiary/aromatic N) is 1. The van der Waals surface area contributed by atoms with Gasteiger partial charge >= 0.3 is 0 Å². The molecule has 1 aromatic heterocycles. The van der Waals surface area contributed by atoms with E-state index in [9.17, 15) is 0 Å². The lowest BCUT2D eigenvalue weighted by molar-refractivity contribution is 0.660. The van der Waals surface area contributed by atoms with Gasteiger partial charge in [0.05, 0.1) is 11.1 Å². The lowest BCUT2D eigenvalue weighted by Gasteiger charge is -2.36. The zero-order chi connectivity index (χ0) is 39.7. The van der Waals surface area contributed by atoms with Gasteiger partial charge in [-0.15, -0.1) is 11.3 Å². The quantitative estimate of drug-likeness (QED) is 0.172. The van der Waals surface area contributed by atoms with Crippen molar-refractivity contribution in [3.63, 3.8) is 0 Å². The Kier molecular flexibility index (Phi) is 6.94. The molecule has 1 unspecified atom stereocenters. The van der Waals surface area contributed by atoms with Gasteiger partial charge < -0.3 is 4.90 Å². The molecule has 13 rings (SSSR count). The lowest BCUT2D eigenvalue weighted by Crippen LogP contribution is -2.28. The second kappa shape index (κ2) is 12.3. The van der Waals surface area contributed by atoms with Gasteiger partial charge in [0.15, 0.2) is 0 Å². The predicted molar refractivity (Wildman–Crippen MR) is 253 cm³/mol. The number of benzene rings is 9. The fourth-order valence-corrected chi connectivity index (χ4v) is 12.6. The van der Waals surface area contributed by atoms with Gasteiger partial charge in [0.1, 0.15) is 0 Å². The van der Waals surface area contributed by atoms with Crippen molar-refractivity contribution >= 4 is 48.6 Å². The van der Waals surface area contributed by atoms with Crippen LogP contribution in [0, 0.1) is 0 Å². The van der Waals surface area contributed by atoms with E-state index in [-0.39, 0.29) is 5.41 Å². The Morgan fingerprint density at radius 1 is 0.400 bits per heavy atom. The summed E-state index contributed by atoms with van der Waals surface area (Å²) in [6.45, 7) is 4.76. The summed E-state index contributed by atoms with van der Waals surface area (Å²) in [5.41, 5.74) is 21.4. The molecule has 1 heterocycles. The van der Waals surface area contributed by atoms with E-state index >= 15 is 0 Å². The lowest BCUT2D eigenvalue weighted by atomic mass is 9.70. The van der Waals surface area contributed by atoms with Gasteiger partial charge in [-0.05, 0) is 103 Å². The minimum Gasteiger partial charge on any atom is -0.310 e. The van der Waals surface area contributed by atoms with Crippen molar-refractivity contribution in [3.05, 3.63) is 234 Å². The van der Waals surface area contributed by atoms with Crippen molar-refractivity contribution in [1.29, 1.82) is 0 Å². The van der Waals surface area contributed by atoms with Gasteiger partial charge in [0, 0.05) is 48.1 Å². The normalized spacial score (nSPS) is 16.0. The monoisotopic (exact) mass is 781 g/mol. The van der Waals surface area contributed by atoms with Gasteiger partial charge in [-0.25, -0.2) is 0 Å². The van der Waals surface area contributed by atoms with Crippen LogP contribution in [-0.4, -0.2) is 0 Å². The fraction of sp³-hybridized carbons (Fsp3) is 0.0690. The maximum atomic E-state index is 2.55. The standard InChI is InChI=1S/C58H39NS/c1-57(2)47-22-10-6-17-40(47)42-32-31-39(35-51(42)57)59(38-29-27-37(28-30-38)36-15-4-3-5-16-36)52-25-14-21-44-41-18-7-11-23-48(41)58(55(44)52)49-24-12-8-20-46(49)54-50(58)34-33-45-43-19-9-13-26-53(43)60-56(45)54/h3-35H,1-2H3. The van der Waals surface area contributed by atoms with Crippen LogP contribution in [0.15, 0.2) is 200 Å². The molecule has 2 heteroatoms. The zero-order valence-electron chi connectivity index (χ0n) is 33.4. The molecule has 282 valence electrons. The van der Waals surface area contributed by atoms with Crippen molar-refractivity contribution in [1.82, 2.24) is 0 Å². The maximum absolute atomic E-state index is 2.55. The van der Waals surface area contributed by atoms with Crippen LogP contribution >= 0.6 is 11.3 Å². The van der Waals surface area contributed by atoms with E-state index in [2.05, 4.69) is 219 Å². The van der Waals surface area contributed by atoms with Crippen LogP contribution in [-0.2, 0) is 10.8 Å². The third-order valence-corrected chi connectivity index (χ3v) is 15.1. The number of anilines is 3. The van der Waals surface area contributed by atoms with Crippen LogP contribution in [0.5, 0.6) is 0 Å². The minimum absolute atomic E-state index is 0.139. The topological polar surface area (TPSA) is 3.24 Å². The average molecular weight is 782 g/mol. The maximum Gasteiger partial charge on any atom is 0.0746 e. The molecule has 3 aliphatic rings. The van der Waals surface area contributed by atoms with Crippen LogP contribution in [0.2, 0.25) is 0 Å². The molecule has 0 aliphatic heterocycles. The third-order valence-electron chi connectivity index (χ3n) is 13.9. The van der Waals surface area contributed by atoms with Crippen molar-refractivity contribution in [2.24, 2.45) is 0 Å². The second-order valence-electron chi connectivity index (χ2n) is 17.2. The Bertz CT molecular complexity index is 3410. The Morgan fingerprint density at radius 2 is 1.00 bits per heavy atom. The molecule has 0 N–H and O–H groups in total. The molecule has 1 nitrogen and oxygen atoms in total. The summed E-state index contributed by atoms with van der Waals surface area (Å²) >= 11 is 1.93. The molecule has 1 atom stereocenters. The van der Waals surface area contributed by atoms with Crippen LogP contribution in [0.4, 0.5) is 17.1 Å². The number of fused-ring (bicyclic) bond motifs is 17. The van der Waals surface area contributed by atoms with Gasteiger partial charge in [-0.2, -0.15) is 0 Å².